The van der Waals surface area contributed by atoms with Gasteiger partial charge < -0.3 is 13.8 Å². The molecule has 0 spiro atoms. The third-order valence-corrected chi connectivity index (χ3v) is 4.13. The monoisotopic (exact) mass is 274 g/mol. The van der Waals surface area contributed by atoms with Crippen LogP contribution in [0.5, 0.6) is 0 Å². The summed E-state index contributed by atoms with van der Waals surface area (Å²) >= 11 is 0. The molecule has 0 radical (unpaired) electrons. The van der Waals surface area contributed by atoms with Crippen LogP contribution in [-0.4, -0.2) is 25.8 Å². The maximum atomic E-state index is 12.3. The molecule has 17 heavy (non-hydrogen) atoms. The van der Waals surface area contributed by atoms with Gasteiger partial charge in [0, 0.05) is 0 Å². The number of hydrogen-bond donors (Lipinski definition) is 0. The molecular formula is C10H20NaO5P. The Morgan fingerprint density at radius 3 is 1.82 bits per heavy atom. The fourth-order valence-corrected chi connectivity index (χ4v) is 2.94. The van der Waals surface area contributed by atoms with E-state index in [1.807, 2.05) is 0 Å². The summed E-state index contributed by atoms with van der Waals surface area (Å²) in [7, 11) is -3.47. The number of hydrogen-bond acceptors (Lipinski definition) is 5. The Labute approximate surface area is 125 Å². The Balaban J connectivity index is 0. The molecule has 0 aliphatic rings. The van der Waals surface area contributed by atoms with Crippen molar-refractivity contribution in [1.29, 1.82) is 0 Å². The second kappa shape index (κ2) is 10.4. The van der Waals surface area contributed by atoms with Crippen LogP contribution in [0.2, 0.25) is 0 Å². The minimum absolute atomic E-state index is 0. The molecule has 0 aromatic heterocycles. The van der Waals surface area contributed by atoms with Crippen LogP contribution in [-0.2, 0) is 23.1 Å². The van der Waals surface area contributed by atoms with Gasteiger partial charge in [0.1, 0.15) is 0 Å². The summed E-state index contributed by atoms with van der Waals surface area (Å²) in [5.41, 5.74) is 0.0815. The summed E-state index contributed by atoms with van der Waals surface area (Å²) in [6, 6.07) is 0. The molecule has 0 saturated carbocycles. The quantitative estimate of drug-likeness (QED) is 0.265. The molecule has 0 aliphatic carbocycles. The van der Waals surface area contributed by atoms with E-state index >= 15 is 0 Å². The van der Waals surface area contributed by atoms with Gasteiger partial charge in [0.05, 0.1) is 19.8 Å². The largest absolute Gasteiger partial charge is 1.00 e. The van der Waals surface area contributed by atoms with Gasteiger partial charge in [0.2, 0.25) is 7.60 Å². The summed E-state index contributed by atoms with van der Waals surface area (Å²) in [6.07, 6.45) is 0.288. The molecule has 0 heterocycles. The van der Waals surface area contributed by atoms with Crippen LogP contribution in [0.1, 0.15) is 34.1 Å². The van der Waals surface area contributed by atoms with Crippen LogP contribution in [0.25, 0.3) is 0 Å². The van der Waals surface area contributed by atoms with E-state index in [0.717, 1.165) is 0 Å². The van der Waals surface area contributed by atoms with Gasteiger partial charge in [-0.15, -0.1) is 6.42 Å². The zero-order chi connectivity index (χ0) is 12.6. The van der Waals surface area contributed by atoms with E-state index in [9.17, 15) is 9.36 Å². The maximum absolute atomic E-state index is 12.3. The van der Waals surface area contributed by atoms with Crippen molar-refractivity contribution < 1.29 is 52.7 Å². The fourth-order valence-electron chi connectivity index (χ4n) is 1.20. The summed E-state index contributed by atoms with van der Waals surface area (Å²) in [6.45, 7) is 7.49. The molecule has 0 atom stereocenters. The standard InChI is InChI=1S/C10H20O5P.Na/c1-5-9(10(11)13-6-2)16(12,14-7-3)15-8-4;/h5-8H2,1-4H3;/q-1;+1. The Morgan fingerprint density at radius 2 is 1.53 bits per heavy atom. The SMILES string of the molecule is CCOC(=O)[C-](CC)P(=O)(OCC)OCC.[Na+]. The molecule has 0 rings (SSSR count). The molecule has 5 nitrogen and oxygen atoms in total. The third kappa shape index (κ3) is 6.27. The molecule has 0 saturated heterocycles. The van der Waals surface area contributed by atoms with Crippen LogP contribution >= 0.6 is 7.60 Å². The Kier molecular flexibility index (Phi) is 12.1. The first-order valence-corrected chi connectivity index (χ1v) is 7.02. The molecule has 7 heteroatoms. The molecular weight excluding hydrogens is 254 g/mol. The smallest absolute Gasteiger partial charge is 0.488 e. The number of rotatable bonds is 8. The van der Waals surface area contributed by atoms with Crippen molar-refractivity contribution in [2.24, 2.45) is 0 Å². The van der Waals surface area contributed by atoms with Gasteiger partial charge in [-0.2, -0.15) is 5.66 Å². The Hall–Kier alpha value is 0.490. The van der Waals surface area contributed by atoms with Crippen LogP contribution < -0.4 is 29.6 Å². The van der Waals surface area contributed by atoms with Gasteiger partial charge in [-0.05, 0) is 20.8 Å². The summed E-state index contributed by atoms with van der Waals surface area (Å²) < 4.78 is 27.3. The molecule has 0 bridgehead atoms. The van der Waals surface area contributed by atoms with Crippen LogP contribution in [0.15, 0.2) is 0 Å². The number of ether oxygens (including phenoxy) is 1. The summed E-state index contributed by atoms with van der Waals surface area (Å²) in [5.74, 6) is -0.602. The predicted octanol–water partition coefficient (Wildman–Crippen LogP) is -0.238. The molecule has 0 fully saturated rings. The van der Waals surface area contributed by atoms with E-state index in [1.165, 1.54) is 0 Å². The molecule has 0 aromatic carbocycles. The fraction of sp³-hybridized carbons (Fsp3) is 0.800. The van der Waals surface area contributed by atoms with Gasteiger partial charge >= 0.3 is 29.6 Å². The average Bonchev–Trinajstić information content (AvgIpc) is 2.19. The zero-order valence-electron chi connectivity index (χ0n) is 11.3. The van der Waals surface area contributed by atoms with Crippen molar-refractivity contribution >= 4 is 13.6 Å². The van der Waals surface area contributed by atoms with E-state index in [2.05, 4.69) is 0 Å². The van der Waals surface area contributed by atoms with Crippen molar-refractivity contribution in [3.8, 4) is 0 Å². The molecule has 0 N–H and O–H groups in total. The normalized spacial score (nSPS) is 10.6. The second-order valence-corrected chi connectivity index (χ2v) is 4.90. The van der Waals surface area contributed by atoms with Crippen molar-refractivity contribution in [3.05, 3.63) is 5.66 Å². The first kappa shape index (κ1) is 19.8. The van der Waals surface area contributed by atoms with E-state index in [1.54, 1.807) is 27.7 Å². The van der Waals surface area contributed by atoms with Crippen molar-refractivity contribution in [3.63, 3.8) is 0 Å². The average molecular weight is 274 g/mol. The van der Waals surface area contributed by atoms with Gasteiger partial charge in [0.25, 0.3) is 0 Å². The van der Waals surface area contributed by atoms with Gasteiger partial charge in [-0.3, -0.25) is 9.36 Å². The first-order chi connectivity index (χ1) is 7.55. The number of carbonyl (C=O) groups is 1. The minimum Gasteiger partial charge on any atom is -0.488 e. The van der Waals surface area contributed by atoms with E-state index in [0.29, 0.717) is 0 Å². The van der Waals surface area contributed by atoms with Crippen LogP contribution in [0.4, 0.5) is 0 Å². The second-order valence-electron chi connectivity index (χ2n) is 2.85. The van der Waals surface area contributed by atoms with E-state index in [4.69, 9.17) is 13.8 Å². The minimum atomic E-state index is -3.47. The molecule has 0 amide bonds. The molecule has 0 unspecified atom stereocenters. The zero-order valence-corrected chi connectivity index (χ0v) is 14.2. The van der Waals surface area contributed by atoms with Crippen LogP contribution in [0, 0.1) is 5.66 Å². The maximum Gasteiger partial charge on any atom is 1.00 e. The van der Waals surface area contributed by atoms with Gasteiger partial charge in [0.15, 0.2) is 5.97 Å². The van der Waals surface area contributed by atoms with Crippen molar-refractivity contribution in [2.45, 2.75) is 34.1 Å². The predicted molar refractivity (Wildman–Crippen MR) is 61.0 cm³/mol. The topological polar surface area (TPSA) is 61.8 Å². The van der Waals surface area contributed by atoms with E-state index < -0.39 is 13.6 Å². The van der Waals surface area contributed by atoms with Gasteiger partial charge in [-0.1, -0.05) is 6.92 Å². The first-order valence-electron chi connectivity index (χ1n) is 5.48. The molecule has 96 valence electrons. The Bertz CT molecular complexity index is 249. The Morgan fingerprint density at radius 1 is 1.06 bits per heavy atom. The number of esters is 1. The summed E-state index contributed by atoms with van der Waals surface area (Å²) in [5, 5.41) is 0. The van der Waals surface area contributed by atoms with E-state index in [-0.39, 0.29) is 61.5 Å². The van der Waals surface area contributed by atoms with Crippen molar-refractivity contribution in [1.82, 2.24) is 0 Å². The van der Waals surface area contributed by atoms with Gasteiger partial charge in [-0.25, -0.2) is 0 Å². The molecule has 0 aliphatic heterocycles. The van der Waals surface area contributed by atoms with Crippen molar-refractivity contribution in [2.75, 3.05) is 19.8 Å². The number of carbonyl (C=O) groups excluding carboxylic acids is 1. The summed E-state index contributed by atoms with van der Waals surface area (Å²) in [4.78, 5) is 11.6. The third-order valence-electron chi connectivity index (χ3n) is 1.77. The van der Waals surface area contributed by atoms with Crippen LogP contribution in [0.3, 0.4) is 0 Å². The molecule has 0 aromatic rings.